The van der Waals surface area contributed by atoms with Gasteiger partial charge in [-0.15, -0.1) is 10.2 Å². The van der Waals surface area contributed by atoms with Crippen LogP contribution in [0.4, 0.5) is 5.13 Å². The number of carbonyl (C=O) groups is 1. The minimum absolute atomic E-state index is 0.117. The number of aryl methyl sites for hydroxylation is 3. The van der Waals surface area contributed by atoms with E-state index in [1.54, 1.807) is 16.2 Å². The third kappa shape index (κ3) is 4.01. The van der Waals surface area contributed by atoms with Gasteiger partial charge in [-0.2, -0.15) is 0 Å². The van der Waals surface area contributed by atoms with Gasteiger partial charge < -0.3 is 5.32 Å². The molecule has 0 aliphatic heterocycles. The van der Waals surface area contributed by atoms with Crippen LogP contribution in [-0.2, 0) is 24.8 Å². The second kappa shape index (κ2) is 8.27. The van der Waals surface area contributed by atoms with Crippen molar-refractivity contribution >= 4 is 33.4 Å². The molecule has 0 aliphatic rings. The average molecular weight is 373 g/mol. The van der Waals surface area contributed by atoms with Gasteiger partial charge in [-0.1, -0.05) is 43.2 Å². The molecule has 0 fully saturated rings. The van der Waals surface area contributed by atoms with Gasteiger partial charge in [0.1, 0.15) is 5.01 Å². The number of imidazole rings is 1. The van der Waals surface area contributed by atoms with Crippen molar-refractivity contribution in [2.24, 2.45) is 7.05 Å². The number of unbranched alkanes of at least 4 members (excludes halogenated alkanes) is 2. The molecule has 138 valence electrons. The number of carbonyl (C=O) groups excluding carboxylic acids is 1. The Bertz CT molecular complexity index is 956. The van der Waals surface area contributed by atoms with E-state index in [-0.39, 0.29) is 18.0 Å². The SMILES string of the molecule is CCCCCc1nnc(NC(=O)CCn2c(=O)n(C)c3ccccc32)s1. The molecule has 2 heterocycles. The lowest BCUT2D eigenvalue weighted by molar-refractivity contribution is -0.116. The number of para-hydroxylation sites is 2. The summed E-state index contributed by atoms with van der Waals surface area (Å²) in [7, 11) is 1.74. The van der Waals surface area contributed by atoms with Gasteiger partial charge in [-0.25, -0.2) is 4.79 Å². The van der Waals surface area contributed by atoms with E-state index in [2.05, 4.69) is 22.4 Å². The lowest BCUT2D eigenvalue weighted by Gasteiger charge is -2.03. The number of amides is 1. The minimum atomic E-state index is -0.166. The maximum Gasteiger partial charge on any atom is 0.328 e. The summed E-state index contributed by atoms with van der Waals surface area (Å²) < 4.78 is 3.23. The fourth-order valence-corrected chi connectivity index (χ4v) is 3.70. The molecule has 0 unspecified atom stereocenters. The first-order valence-corrected chi connectivity index (χ1v) is 9.68. The van der Waals surface area contributed by atoms with Gasteiger partial charge in [0, 0.05) is 26.4 Å². The second-order valence-corrected chi connectivity index (χ2v) is 7.30. The Morgan fingerprint density at radius 1 is 1.19 bits per heavy atom. The summed E-state index contributed by atoms with van der Waals surface area (Å²) in [6.07, 6.45) is 4.52. The molecular weight excluding hydrogens is 350 g/mol. The smallest absolute Gasteiger partial charge is 0.300 e. The molecule has 0 bridgehead atoms. The Balaban J connectivity index is 1.60. The minimum Gasteiger partial charge on any atom is -0.300 e. The molecule has 0 aliphatic carbocycles. The summed E-state index contributed by atoms with van der Waals surface area (Å²) in [6, 6.07) is 7.57. The standard InChI is InChI=1S/C18H23N5O2S/c1-3-4-5-10-16-20-21-17(26-16)19-15(24)11-12-23-14-9-7-6-8-13(14)22(2)18(23)25/h6-9H,3-5,10-12H2,1-2H3,(H,19,21,24). The Morgan fingerprint density at radius 2 is 1.96 bits per heavy atom. The predicted molar refractivity (Wildman–Crippen MR) is 104 cm³/mol. The molecule has 2 aromatic heterocycles. The topological polar surface area (TPSA) is 81.8 Å². The van der Waals surface area contributed by atoms with Gasteiger partial charge in [0.2, 0.25) is 11.0 Å². The molecule has 0 atom stereocenters. The molecule has 1 amide bonds. The van der Waals surface area contributed by atoms with Crippen LogP contribution in [0.2, 0.25) is 0 Å². The van der Waals surface area contributed by atoms with Crippen LogP contribution in [0.5, 0.6) is 0 Å². The molecule has 1 N–H and O–H groups in total. The summed E-state index contributed by atoms with van der Waals surface area (Å²) in [4.78, 5) is 24.6. The number of hydrogen-bond donors (Lipinski definition) is 1. The maximum absolute atomic E-state index is 12.4. The highest BCUT2D eigenvalue weighted by atomic mass is 32.1. The molecule has 3 rings (SSSR count). The molecule has 0 saturated heterocycles. The molecule has 8 heteroatoms. The summed E-state index contributed by atoms with van der Waals surface area (Å²) in [5.74, 6) is -0.166. The fourth-order valence-electron chi connectivity index (χ4n) is 2.91. The number of rotatable bonds is 8. The Hall–Kier alpha value is -2.48. The van der Waals surface area contributed by atoms with Crippen LogP contribution < -0.4 is 11.0 Å². The Morgan fingerprint density at radius 3 is 2.73 bits per heavy atom. The largest absolute Gasteiger partial charge is 0.328 e. The predicted octanol–water partition coefficient (Wildman–Crippen LogP) is 2.95. The molecular formula is C18H23N5O2S. The first kappa shape index (κ1) is 18.3. The highest BCUT2D eigenvalue weighted by Crippen LogP contribution is 2.18. The molecule has 0 radical (unpaired) electrons. The fraction of sp³-hybridized carbons (Fsp3) is 0.444. The summed E-state index contributed by atoms with van der Waals surface area (Å²) in [5.41, 5.74) is 1.58. The normalized spacial score (nSPS) is 11.2. The van der Waals surface area contributed by atoms with E-state index in [0.29, 0.717) is 11.7 Å². The van der Waals surface area contributed by atoms with Crippen LogP contribution in [0.25, 0.3) is 11.0 Å². The molecule has 3 aromatic rings. The summed E-state index contributed by atoms with van der Waals surface area (Å²) in [5, 5.41) is 12.4. The van der Waals surface area contributed by atoms with Gasteiger partial charge in [0.15, 0.2) is 0 Å². The van der Waals surface area contributed by atoms with Crippen molar-refractivity contribution in [1.29, 1.82) is 0 Å². The lowest BCUT2D eigenvalue weighted by Crippen LogP contribution is -2.24. The van der Waals surface area contributed by atoms with Crippen LogP contribution >= 0.6 is 11.3 Å². The first-order valence-electron chi connectivity index (χ1n) is 8.86. The van der Waals surface area contributed by atoms with Crippen molar-refractivity contribution in [3.8, 4) is 0 Å². The van der Waals surface area contributed by atoms with E-state index in [0.717, 1.165) is 35.3 Å². The third-order valence-corrected chi connectivity index (χ3v) is 5.22. The van der Waals surface area contributed by atoms with Crippen LogP contribution in [0, 0.1) is 0 Å². The van der Waals surface area contributed by atoms with Crippen molar-refractivity contribution < 1.29 is 4.79 Å². The van der Waals surface area contributed by atoms with E-state index < -0.39 is 0 Å². The number of nitrogens with one attached hydrogen (secondary N) is 1. The van der Waals surface area contributed by atoms with Crippen molar-refractivity contribution in [1.82, 2.24) is 19.3 Å². The zero-order valence-corrected chi connectivity index (χ0v) is 15.9. The second-order valence-electron chi connectivity index (χ2n) is 6.24. The number of nitrogens with zero attached hydrogens (tertiary/aromatic N) is 4. The highest BCUT2D eigenvalue weighted by Gasteiger charge is 2.13. The van der Waals surface area contributed by atoms with Gasteiger partial charge in [-0.3, -0.25) is 13.9 Å². The van der Waals surface area contributed by atoms with E-state index in [1.165, 1.54) is 17.8 Å². The van der Waals surface area contributed by atoms with Crippen molar-refractivity contribution in [3.63, 3.8) is 0 Å². The number of hydrogen-bond acceptors (Lipinski definition) is 5. The Kier molecular flexibility index (Phi) is 5.82. The van der Waals surface area contributed by atoms with E-state index in [1.807, 2.05) is 24.3 Å². The van der Waals surface area contributed by atoms with Crippen LogP contribution in [-0.4, -0.2) is 25.2 Å². The molecule has 7 nitrogen and oxygen atoms in total. The zero-order valence-electron chi connectivity index (χ0n) is 15.1. The van der Waals surface area contributed by atoms with E-state index in [9.17, 15) is 9.59 Å². The van der Waals surface area contributed by atoms with Crippen LogP contribution in [0.3, 0.4) is 0 Å². The number of anilines is 1. The first-order chi connectivity index (χ1) is 12.6. The number of benzene rings is 1. The summed E-state index contributed by atoms with van der Waals surface area (Å²) in [6.45, 7) is 2.49. The molecule has 0 saturated carbocycles. The van der Waals surface area contributed by atoms with Gasteiger partial charge in [0.25, 0.3) is 0 Å². The third-order valence-electron chi connectivity index (χ3n) is 4.32. The molecule has 0 spiro atoms. The highest BCUT2D eigenvalue weighted by molar-refractivity contribution is 7.15. The molecule has 26 heavy (non-hydrogen) atoms. The van der Waals surface area contributed by atoms with E-state index in [4.69, 9.17) is 0 Å². The van der Waals surface area contributed by atoms with Crippen molar-refractivity contribution in [3.05, 3.63) is 39.8 Å². The van der Waals surface area contributed by atoms with Gasteiger partial charge >= 0.3 is 5.69 Å². The number of aromatic nitrogens is 4. The van der Waals surface area contributed by atoms with Crippen LogP contribution in [0.1, 0.15) is 37.6 Å². The summed E-state index contributed by atoms with van der Waals surface area (Å²) >= 11 is 1.42. The quantitative estimate of drug-likeness (QED) is 0.616. The average Bonchev–Trinajstić information content (AvgIpc) is 3.17. The zero-order chi connectivity index (χ0) is 18.5. The van der Waals surface area contributed by atoms with Crippen molar-refractivity contribution in [2.75, 3.05) is 5.32 Å². The lowest BCUT2D eigenvalue weighted by atomic mass is 10.2. The number of fused-ring (bicyclic) bond motifs is 1. The monoisotopic (exact) mass is 373 g/mol. The maximum atomic E-state index is 12.4. The van der Waals surface area contributed by atoms with E-state index >= 15 is 0 Å². The van der Waals surface area contributed by atoms with Crippen LogP contribution in [0.15, 0.2) is 29.1 Å². The molecule has 1 aromatic carbocycles. The van der Waals surface area contributed by atoms with Gasteiger partial charge in [0.05, 0.1) is 11.0 Å². The Labute approximate surface area is 155 Å². The van der Waals surface area contributed by atoms with Gasteiger partial charge in [-0.05, 0) is 18.6 Å². The van der Waals surface area contributed by atoms with Crippen molar-refractivity contribution in [2.45, 2.75) is 45.6 Å².